The number of nitriles is 1. The summed E-state index contributed by atoms with van der Waals surface area (Å²) in [6.07, 6.45) is 1.76. The van der Waals surface area contributed by atoms with E-state index in [1.165, 1.54) is 0 Å². The Morgan fingerprint density at radius 2 is 2.17 bits per heavy atom. The van der Waals surface area contributed by atoms with Gasteiger partial charge in [0.1, 0.15) is 17.6 Å². The number of aromatic nitrogens is 1. The molecule has 0 aliphatic rings. The van der Waals surface area contributed by atoms with Gasteiger partial charge in [0, 0.05) is 12.1 Å². The second-order valence-electron chi connectivity index (χ2n) is 5.27. The predicted octanol–water partition coefficient (Wildman–Crippen LogP) is 2.51. The van der Waals surface area contributed by atoms with Gasteiger partial charge >= 0.3 is 5.97 Å². The van der Waals surface area contributed by atoms with E-state index in [-0.39, 0.29) is 13.0 Å². The zero-order valence-corrected chi connectivity index (χ0v) is 13.9. The lowest BCUT2D eigenvalue weighted by Crippen LogP contribution is -2.23. The molecule has 2 heterocycles. The smallest absolute Gasteiger partial charge is 0.306 e. The third-order valence-corrected chi connectivity index (χ3v) is 3.75. The lowest BCUT2D eigenvalue weighted by molar-refractivity contribution is -0.146. The summed E-state index contributed by atoms with van der Waals surface area (Å²) in [5.74, 6) is 0.127. The summed E-state index contributed by atoms with van der Waals surface area (Å²) >= 11 is 0. The van der Waals surface area contributed by atoms with Gasteiger partial charge in [-0.3, -0.25) is 9.59 Å². The van der Waals surface area contributed by atoms with Crippen LogP contribution in [0.5, 0.6) is 0 Å². The third-order valence-electron chi connectivity index (χ3n) is 3.75. The third kappa shape index (κ3) is 3.66. The molecule has 2 rings (SSSR count). The van der Waals surface area contributed by atoms with Crippen molar-refractivity contribution in [2.24, 2.45) is 0 Å². The van der Waals surface area contributed by atoms with Crippen LogP contribution < -0.4 is 5.32 Å². The highest BCUT2D eigenvalue weighted by molar-refractivity contribution is 5.93. The molecule has 0 bridgehead atoms. The van der Waals surface area contributed by atoms with E-state index in [1.807, 2.05) is 19.9 Å². The SMILES string of the molecule is CCC(=O)OCC(=O)Nc1c(C#N)c(C)c(C)n1Cc1ccco1. The van der Waals surface area contributed by atoms with Crippen molar-refractivity contribution >= 4 is 17.7 Å². The van der Waals surface area contributed by atoms with Gasteiger partial charge in [-0.25, -0.2) is 0 Å². The van der Waals surface area contributed by atoms with Crippen molar-refractivity contribution in [1.82, 2.24) is 4.57 Å². The number of hydrogen-bond acceptors (Lipinski definition) is 5. The fraction of sp³-hybridized carbons (Fsp3) is 0.353. The summed E-state index contributed by atoms with van der Waals surface area (Å²) < 4.78 is 12.0. The van der Waals surface area contributed by atoms with Gasteiger partial charge in [-0.05, 0) is 31.5 Å². The highest BCUT2D eigenvalue weighted by Gasteiger charge is 2.20. The number of nitrogens with zero attached hydrogens (tertiary/aromatic N) is 2. The van der Waals surface area contributed by atoms with E-state index in [1.54, 1.807) is 23.8 Å². The molecule has 0 spiro atoms. The first-order valence-electron chi connectivity index (χ1n) is 7.55. The first-order chi connectivity index (χ1) is 11.5. The lowest BCUT2D eigenvalue weighted by atomic mass is 10.2. The molecule has 126 valence electrons. The standard InChI is InChI=1S/C17H19N3O4/c1-4-16(22)24-10-15(21)19-17-14(8-18)11(2)12(3)20(17)9-13-6-5-7-23-13/h5-7H,4,9-10H2,1-3H3,(H,19,21). The predicted molar refractivity (Wildman–Crippen MR) is 86.3 cm³/mol. The molecule has 0 unspecified atom stereocenters. The van der Waals surface area contributed by atoms with Crippen LogP contribution in [0, 0.1) is 25.2 Å². The van der Waals surface area contributed by atoms with Crippen LogP contribution in [0.3, 0.4) is 0 Å². The molecule has 0 aliphatic carbocycles. The van der Waals surface area contributed by atoms with Crippen LogP contribution in [0.4, 0.5) is 5.82 Å². The Balaban J connectivity index is 2.26. The molecule has 0 saturated heterocycles. The van der Waals surface area contributed by atoms with Gasteiger partial charge in [0.25, 0.3) is 5.91 Å². The molecule has 0 aromatic carbocycles. The van der Waals surface area contributed by atoms with Gasteiger partial charge < -0.3 is 19.0 Å². The molecular weight excluding hydrogens is 310 g/mol. The molecule has 0 fully saturated rings. The molecule has 1 amide bonds. The molecule has 0 radical (unpaired) electrons. The summed E-state index contributed by atoms with van der Waals surface area (Å²) in [7, 11) is 0. The van der Waals surface area contributed by atoms with E-state index in [0.717, 1.165) is 11.3 Å². The van der Waals surface area contributed by atoms with Gasteiger partial charge in [-0.15, -0.1) is 0 Å². The Labute approximate surface area is 139 Å². The number of amides is 1. The van der Waals surface area contributed by atoms with Crippen molar-refractivity contribution < 1.29 is 18.7 Å². The number of carbonyl (C=O) groups excluding carboxylic acids is 2. The van der Waals surface area contributed by atoms with Gasteiger partial charge in [0.2, 0.25) is 0 Å². The minimum atomic E-state index is -0.494. The summed E-state index contributed by atoms with van der Waals surface area (Å²) in [6.45, 7) is 5.33. The molecule has 0 atom stereocenters. The maximum absolute atomic E-state index is 12.0. The maximum atomic E-state index is 12.0. The van der Waals surface area contributed by atoms with Crippen LogP contribution >= 0.6 is 0 Å². The molecule has 24 heavy (non-hydrogen) atoms. The fourth-order valence-electron chi connectivity index (χ4n) is 2.30. The van der Waals surface area contributed by atoms with Crippen LogP contribution in [0.15, 0.2) is 22.8 Å². The number of anilines is 1. The molecule has 7 nitrogen and oxygen atoms in total. The van der Waals surface area contributed by atoms with E-state index < -0.39 is 11.9 Å². The van der Waals surface area contributed by atoms with Gasteiger partial charge in [-0.2, -0.15) is 5.26 Å². The highest BCUT2D eigenvalue weighted by Crippen LogP contribution is 2.27. The van der Waals surface area contributed by atoms with Gasteiger partial charge in [0.05, 0.1) is 18.4 Å². The molecule has 0 saturated carbocycles. The minimum absolute atomic E-state index is 0.198. The molecule has 2 aromatic rings. The Hall–Kier alpha value is -3.01. The molecule has 0 aliphatic heterocycles. The van der Waals surface area contributed by atoms with Crippen LogP contribution in [0.25, 0.3) is 0 Å². The van der Waals surface area contributed by atoms with Crippen LogP contribution in [-0.4, -0.2) is 23.1 Å². The van der Waals surface area contributed by atoms with E-state index in [4.69, 9.17) is 9.15 Å². The summed E-state index contributed by atoms with van der Waals surface area (Å²) in [4.78, 5) is 23.2. The summed E-state index contributed by atoms with van der Waals surface area (Å²) in [6, 6.07) is 5.70. The fourth-order valence-corrected chi connectivity index (χ4v) is 2.30. The molecule has 1 N–H and O–H groups in total. The second-order valence-corrected chi connectivity index (χ2v) is 5.27. The Morgan fingerprint density at radius 3 is 2.75 bits per heavy atom. The quantitative estimate of drug-likeness (QED) is 0.821. The Kier molecular flexibility index (Phi) is 5.42. The zero-order valence-electron chi connectivity index (χ0n) is 13.9. The average Bonchev–Trinajstić information content (AvgIpc) is 3.16. The Bertz CT molecular complexity index is 782. The molecular formula is C17H19N3O4. The zero-order chi connectivity index (χ0) is 17.7. The topological polar surface area (TPSA) is 97.3 Å². The van der Waals surface area contributed by atoms with E-state index >= 15 is 0 Å². The van der Waals surface area contributed by atoms with E-state index in [2.05, 4.69) is 11.4 Å². The monoisotopic (exact) mass is 329 g/mol. The van der Waals surface area contributed by atoms with Crippen LogP contribution in [0.1, 0.15) is 35.9 Å². The molecule has 7 heteroatoms. The number of furan rings is 1. The minimum Gasteiger partial charge on any atom is -0.467 e. The number of carbonyl (C=O) groups is 2. The largest absolute Gasteiger partial charge is 0.467 e. The van der Waals surface area contributed by atoms with Crippen molar-refractivity contribution in [2.45, 2.75) is 33.7 Å². The summed E-state index contributed by atoms with van der Waals surface area (Å²) in [5.41, 5.74) is 2.02. The number of hydrogen-bond donors (Lipinski definition) is 1. The first-order valence-corrected chi connectivity index (χ1v) is 7.55. The number of ether oxygens (including phenoxy) is 1. The van der Waals surface area contributed by atoms with Gasteiger partial charge in [-0.1, -0.05) is 6.92 Å². The van der Waals surface area contributed by atoms with Crippen molar-refractivity contribution in [1.29, 1.82) is 5.26 Å². The number of rotatable bonds is 6. The number of esters is 1. The highest BCUT2D eigenvalue weighted by atomic mass is 16.5. The Morgan fingerprint density at radius 1 is 1.42 bits per heavy atom. The van der Waals surface area contributed by atoms with Crippen LogP contribution in [0.2, 0.25) is 0 Å². The molecule has 2 aromatic heterocycles. The van der Waals surface area contributed by atoms with Gasteiger partial charge in [0.15, 0.2) is 6.61 Å². The summed E-state index contributed by atoms with van der Waals surface area (Å²) in [5, 5.41) is 12.1. The number of nitrogens with one attached hydrogen (secondary N) is 1. The second kappa shape index (κ2) is 7.51. The normalized spacial score (nSPS) is 10.2. The lowest BCUT2D eigenvalue weighted by Gasteiger charge is -2.12. The van der Waals surface area contributed by atoms with Crippen molar-refractivity contribution in [3.05, 3.63) is 41.0 Å². The van der Waals surface area contributed by atoms with Crippen LogP contribution in [-0.2, 0) is 20.9 Å². The van der Waals surface area contributed by atoms with E-state index in [0.29, 0.717) is 23.7 Å². The maximum Gasteiger partial charge on any atom is 0.306 e. The first kappa shape index (κ1) is 17.3. The average molecular weight is 329 g/mol. The van der Waals surface area contributed by atoms with Crippen molar-refractivity contribution in [3.8, 4) is 6.07 Å². The van der Waals surface area contributed by atoms with Crippen molar-refractivity contribution in [2.75, 3.05) is 11.9 Å². The van der Waals surface area contributed by atoms with E-state index in [9.17, 15) is 14.9 Å². The van der Waals surface area contributed by atoms with Crippen molar-refractivity contribution in [3.63, 3.8) is 0 Å².